The molecule has 1 aromatic rings. The molecule has 1 unspecified atom stereocenters. The number of amides is 3. The maximum atomic E-state index is 13.0. The molecule has 3 atom stereocenters. The van der Waals surface area contributed by atoms with Crippen molar-refractivity contribution in [2.24, 2.45) is 11.8 Å². The van der Waals surface area contributed by atoms with Gasteiger partial charge in [-0.2, -0.15) is 8.78 Å². The van der Waals surface area contributed by atoms with Crippen molar-refractivity contribution in [3.05, 3.63) is 29.3 Å². The predicted molar refractivity (Wildman–Crippen MR) is 137 cm³/mol. The Morgan fingerprint density at radius 1 is 0.923 bits per heavy atom. The molecule has 1 N–H and O–H groups in total. The highest BCUT2D eigenvalue weighted by molar-refractivity contribution is 6.05. The predicted octanol–water partition coefficient (Wildman–Crippen LogP) is 3.87. The van der Waals surface area contributed by atoms with E-state index in [0.717, 1.165) is 69.3 Å². The fourth-order valence-electron chi connectivity index (χ4n) is 7.39. The standard InChI is InChI=1S/C29H37F2N3O5/c30-29(31)39-20-7-5-17(6-8-20)19-14-33(15-19)23-3-1-2-4-25(23)38-21-9-10-22-18(13-21)16-34(28(22)37)24-11-12-26(35)32-27(24)36/h9-10,13,17,19-20,23-25,29H,1-8,11-12,14-16H2,(H,32,35,36)/t17?,20?,23-,24?,25+/m0/s1. The highest BCUT2D eigenvalue weighted by atomic mass is 19.3. The van der Waals surface area contributed by atoms with Gasteiger partial charge < -0.3 is 14.4 Å². The monoisotopic (exact) mass is 545 g/mol. The molecule has 2 saturated heterocycles. The van der Waals surface area contributed by atoms with Crippen LogP contribution in [0.25, 0.3) is 0 Å². The number of hydrogen-bond acceptors (Lipinski definition) is 6. The van der Waals surface area contributed by atoms with Crippen LogP contribution in [0.1, 0.15) is 80.1 Å². The SMILES string of the molecule is O=C1CCC(N2Cc3cc(O[C@@H]4CCCC[C@@H]4N4CC(C5CCC(OC(F)F)CC5)C4)ccc3C2=O)C(=O)N1. The van der Waals surface area contributed by atoms with Crippen LogP contribution in [-0.2, 0) is 20.9 Å². The highest BCUT2D eigenvalue weighted by Gasteiger charge is 2.43. The number of halogens is 2. The van der Waals surface area contributed by atoms with Crippen molar-refractivity contribution in [2.45, 2.75) is 102 Å². The summed E-state index contributed by atoms with van der Waals surface area (Å²) in [7, 11) is 0. The van der Waals surface area contributed by atoms with Crippen molar-refractivity contribution in [1.29, 1.82) is 0 Å². The second-order valence-corrected chi connectivity index (χ2v) is 11.9. The largest absolute Gasteiger partial charge is 0.489 e. The first-order valence-electron chi connectivity index (χ1n) is 14.5. The number of piperidine rings is 1. The van der Waals surface area contributed by atoms with Crippen LogP contribution in [0.4, 0.5) is 8.78 Å². The quantitative estimate of drug-likeness (QED) is 0.524. The Balaban J connectivity index is 1.04. The molecule has 1 aromatic carbocycles. The molecule has 212 valence electrons. The van der Waals surface area contributed by atoms with E-state index in [1.807, 2.05) is 12.1 Å². The van der Waals surface area contributed by atoms with Crippen molar-refractivity contribution in [3.8, 4) is 5.75 Å². The van der Waals surface area contributed by atoms with Crippen LogP contribution in [0.3, 0.4) is 0 Å². The molecule has 6 rings (SSSR count). The number of carbonyl (C=O) groups is 3. The van der Waals surface area contributed by atoms with Crippen LogP contribution in [0.5, 0.6) is 5.75 Å². The van der Waals surface area contributed by atoms with Crippen molar-refractivity contribution < 1.29 is 32.6 Å². The zero-order chi connectivity index (χ0) is 27.1. The molecule has 3 amide bonds. The third-order valence-electron chi connectivity index (χ3n) is 9.54. The van der Waals surface area contributed by atoms with Gasteiger partial charge in [-0.25, -0.2) is 0 Å². The molecule has 3 aliphatic heterocycles. The van der Waals surface area contributed by atoms with Crippen LogP contribution in [0.15, 0.2) is 18.2 Å². The number of ether oxygens (including phenoxy) is 2. The fourth-order valence-corrected chi connectivity index (χ4v) is 7.39. The summed E-state index contributed by atoms with van der Waals surface area (Å²) in [5.41, 5.74) is 1.44. The van der Waals surface area contributed by atoms with Gasteiger partial charge in [0.05, 0.1) is 6.10 Å². The molecular formula is C29H37F2N3O5. The second kappa shape index (κ2) is 11.1. The fraction of sp³-hybridized carbons (Fsp3) is 0.690. The van der Waals surface area contributed by atoms with Crippen LogP contribution in [0.2, 0.25) is 0 Å². The number of likely N-dealkylation sites (tertiary alicyclic amines) is 1. The van der Waals surface area contributed by atoms with Gasteiger partial charge in [-0.3, -0.25) is 24.6 Å². The molecule has 5 aliphatic rings. The topological polar surface area (TPSA) is 88.2 Å². The number of rotatable bonds is 7. The Hall–Kier alpha value is -2.59. The van der Waals surface area contributed by atoms with Gasteiger partial charge in [-0.15, -0.1) is 0 Å². The van der Waals surface area contributed by atoms with Crippen molar-refractivity contribution in [1.82, 2.24) is 15.1 Å². The minimum Gasteiger partial charge on any atom is -0.489 e. The maximum Gasteiger partial charge on any atom is 0.345 e. The molecule has 0 bridgehead atoms. The van der Waals surface area contributed by atoms with E-state index in [9.17, 15) is 23.2 Å². The number of hydrogen-bond donors (Lipinski definition) is 1. The van der Waals surface area contributed by atoms with E-state index in [4.69, 9.17) is 9.47 Å². The Kier molecular flexibility index (Phi) is 7.59. The molecule has 0 radical (unpaired) electrons. The Bertz CT molecular complexity index is 1100. The van der Waals surface area contributed by atoms with E-state index in [1.165, 1.54) is 6.42 Å². The molecule has 2 aliphatic carbocycles. The van der Waals surface area contributed by atoms with E-state index in [1.54, 1.807) is 11.0 Å². The number of nitrogens with one attached hydrogen (secondary N) is 1. The summed E-state index contributed by atoms with van der Waals surface area (Å²) in [5, 5.41) is 2.34. The molecular weight excluding hydrogens is 508 g/mol. The first-order valence-corrected chi connectivity index (χ1v) is 14.5. The van der Waals surface area contributed by atoms with Gasteiger partial charge in [0.15, 0.2) is 0 Å². The normalized spacial score (nSPS) is 32.2. The van der Waals surface area contributed by atoms with E-state index in [0.29, 0.717) is 36.4 Å². The van der Waals surface area contributed by atoms with Gasteiger partial charge in [-0.05, 0) is 87.0 Å². The van der Waals surface area contributed by atoms with Crippen LogP contribution >= 0.6 is 0 Å². The smallest absolute Gasteiger partial charge is 0.345 e. The lowest BCUT2D eigenvalue weighted by molar-refractivity contribution is -0.174. The first-order chi connectivity index (χ1) is 18.9. The van der Waals surface area contributed by atoms with E-state index < -0.39 is 18.6 Å². The van der Waals surface area contributed by atoms with Crippen LogP contribution in [-0.4, -0.2) is 71.5 Å². The summed E-state index contributed by atoms with van der Waals surface area (Å²) in [5.74, 6) is 1.07. The van der Waals surface area contributed by atoms with Crippen molar-refractivity contribution in [2.75, 3.05) is 13.1 Å². The zero-order valence-electron chi connectivity index (χ0n) is 22.2. The van der Waals surface area contributed by atoms with Crippen molar-refractivity contribution >= 4 is 17.7 Å². The lowest BCUT2D eigenvalue weighted by Crippen LogP contribution is -2.59. The summed E-state index contributed by atoms with van der Waals surface area (Å²) in [4.78, 5) is 41.0. The summed E-state index contributed by atoms with van der Waals surface area (Å²) in [6.45, 7) is -0.265. The van der Waals surface area contributed by atoms with Gasteiger partial charge in [0.2, 0.25) is 11.8 Å². The molecule has 0 spiro atoms. The molecule has 39 heavy (non-hydrogen) atoms. The van der Waals surface area contributed by atoms with Gasteiger partial charge in [-0.1, -0.05) is 6.42 Å². The molecule has 4 fully saturated rings. The van der Waals surface area contributed by atoms with E-state index in [2.05, 4.69) is 10.2 Å². The van der Waals surface area contributed by atoms with Gasteiger partial charge in [0, 0.05) is 37.7 Å². The third kappa shape index (κ3) is 5.55. The molecule has 2 saturated carbocycles. The number of alkyl halides is 2. The Morgan fingerprint density at radius 3 is 2.44 bits per heavy atom. The average molecular weight is 546 g/mol. The summed E-state index contributed by atoms with van der Waals surface area (Å²) >= 11 is 0. The molecule has 10 heteroatoms. The Labute approximate surface area is 227 Å². The van der Waals surface area contributed by atoms with Gasteiger partial charge in [0.25, 0.3) is 5.91 Å². The number of nitrogens with zero attached hydrogens (tertiary/aromatic N) is 2. The summed E-state index contributed by atoms with van der Waals surface area (Å²) in [6, 6.07) is 5.31. The lowest BCUT2D eigenvalue weighted by atomic mass is 9.74. The number of imide groups is 1. The number of fused-ring (bicyclic) bond motifs is 1. The van der Waals surface area contributed by atoms with Gasteiger partial charge >= 0.3 is 6.61 Å². The van der Waals surface area contributed by atoms with Crippen LogP contribution in [0, 0.1) is 11.8 Å². The third-order valence-corrected chi connectivity index (χ3v) is 9.54. The van der Waals surface area contributed by atoms with E-state index in [-0.39, 0.29) is 30.4 Å². The average Bonchev–Trinajstić information content (AvgIpc) is 3.20. The summed E-state index contributed by atoms with van der Waals surface area (Å²) < 4.78 is 36.3. The molecule has 8 nitrogen and oxygen atoms in total. The van der Waals surface area contributed by atoms with Gasteiger partial charge in [0.1, 0.15) is 17.9 Å². The Morgan fingerprint density at radius 2 is 1.69 bits per heavy atom. The lowest BCUT2D eigenvalue weighted by Gasteiger charge is -2.51. The summed E-state index contributed by atoms with van der Waals surface area (Å²) in [6.07, 6.45) is 8.13. The highest BCUT2D eigenvalue weighted by Crippen LogP contribution is 2.40. The minimum atomic E-state index is -2.68. The first kappa shape index (κ1) is 26.6. The molecule has 0 aromatic heterocycles. The van der Waals surface area contributed by atoms with Crippen molar-refractivity contribution in [3.63, 3.8) is 0 Å². The minimum absolute atomic E-state index is 0.0799. The van der Waals surface area contributed by atoms with E-state index >= 15 is 0 Å². The second-order valence-electron chi connectivity index (χ2n) is 11.9. The number of benzene rings is 1. The maximum absolute atomic E-state index is 13.0. The molecule has 3 heterocycles. The zero-order valence-corrected chi connectivity index (χ0v) is 22.2. The van der Waals surface area contributed by atoms with Crippen LogP contribution < -0.4 is 10.1 Å². The number of carbonyl (C=O) groups excluding carboxylic acids is 3.